The first-order chi connectivity index (χ1) is 6.93. The lowest BCUT2D eigenvalue weighted by Crippen LogP contribution is -2.23. The zero-order valence-corrected chi connectivity index (χ0v) is 8.77. The minimum Gasteiger partial charge on any atom is -0.481 e. The van der Waals surface area contributed by atoms with Crippen LogP contribution in [0.15, 0.2) is 4.99 Å². The molecule has 6 heteroatoms. The Bertz CT molecular complexity index is 259. The average molecular weight is 215 g/mol. The van der Waals surface area contributed by atoms with E-state index in [1.54, 1.807) is 0 Å². The number of hydrogen-bond donors (Lipinski definition) is 3. The third-order valence-electron chi connectivity index (χ3n) is 1.89. The Morgan fingerprint density at radius 3 is 2.40 bits per heavy atom. The number of carboxylic acid groups (broad SMARTS) is 1. The molecule has 0 radical (unpaired) electrons. The van der Waals surface area contributed by atoms with Gasteiger partial charge in [-0.25, -0.2) is 0 Å². The van der Waals surface area contributed by atoms with Crippen LogP contribution in [0.5, 0.6) is 0 Å². The lowest BCUT2D eigenvalue weighted by atomic mass is 9.98. The molecule has 0 heterocycles. The van der Waals surface area contributed by atoms with Crippen LogP contribution < -0.4 is 11.5 Å². The van der Waals surface area contributed by atoms with Gasteiger partial charge in [0, 0.05) is 13.0 Å². The molecule has 0 saturated heterocycles. The van der Waals surface area contributed by atoms with E-state index in [4.69, 9.17) is 16.6 Å². The summed E-state index contributed by atoms with van der Waals surface area (Å²) in [6.07, 6.45) is 1.03. The van der Waals surface area contributed by atoms with E-state index in [9.17, 15) is 9.59 Å². The molecule has 6 nitrogen and oxygen atoms in total. The second-order valence-corrected chi connectivity index (χ2v) is 3.39. The first-order valence-corrected chi connectivity index (χ1v) is 4.71. The number of nitrogens with zero attached hydrogens (tertiary/aromatic N) is 1. The van der Waals surface area contributed by atoms with Crippen LogP contribution >= 0.6 is 0 Å². The number of aliphatic carboxylic acids is 1. The predicted molar refractivity (Wildman–Crippen MR) is 56.3 cm³/mol. The van der Waals surface area contributed by atoms with Gasteiger partial charge in [0.1, 0.15) is 5.78 Å². The number of carbonyl (C=O) groups excluding carboxylic acids is 1. The Balaban J connectivity index is 3.92. The van der Waals surface area contributed by atoms with E-state index in [1.807, 2.05) is 0 Å². The van der Waals surface area contributed by atoms with Crippen LogP contribution in [-0.2, 0) is 9.59 Å². The SMILES string of the molecule is CC(=O)C[C@@H](CCCN=C(N)N)C(=O)O. The van der Waals surface area contributed by atoms with E-state index in [2.05, 4.69) is 4.99 Å². The maximum atomic E-state index is 10.8. The van der Waals surface area contributed by atoms with Crippen molar-refractivity contribution >= 4 is 17.7 Å². The summed E-state index contributed by atoms with van der Waals surface area (Å²) in [7, 11) is 0. The van der Waals surface area contributed by atoms with Crippen LogP contribution in [0, 0.1) is 5.92 Å². The van der Waals surface area contributed by atoms with Gasteiger partial charge in [-0.2, -0.15) is 0 Å². The van der Waals surface area contributed by atoms with E-state index in [0.29, 0.717) is 19.4 Å². The lowest BCUT2D eigenvalue weighted by molar-refractivity contribution is -0.143. The van der Waals surface area contributed by atoms with Crippen LogP contribution in [0.3, 0.4) is 0 Å². The zero-order valence-electron chi connectivity index (χ0n) is 8.77. The summed E-state index contributed by atoms with van der Waals surface area (Å²) < 4.78 is 0. The Labute approximate surface area is 88.4 Å². The number of guanidine groups is 1. The van der Waals surface area contributed by atoms with E-state index < -0.39 is 11.9 Å². The van der Waals surface area contributed by atoms with E-state index in [1.165, 1.54) is 6.92 Å². The molecule has 0 spiro atoms. The molecular formula is C9H17N3O3. The number of hydrogen-bond acceptors (Lipinski definition) is 3. The van der Waals surface area contributed by atoms with Gasteiger partial charge < -0.3 is 21.4 Å². The van der Waals surface area contributed by atoms with Crippen LogP contribution in [0.2, 0.25) is 0 Å². The highest BCUT2D eigenvalue weighted by atomic mass is 16.4. The van der Waals surface area contributed by atoms with Crippen LogP contribution in [-0.4, -0.2) is 29.4 Å². The fraction of sp³-hybridized carbons (Fsp3) is 0.667. The highest BCUT2D eigenvalue weighted by molar-refractivity contribution is 5.81. The van der Waals surface area contributed by atoms with Crippen LogP contribution in [0.4, 0.5) is 0 Å². The van der Waals surface area contributed by atoms with Crippen molar-refractivity contribution in [3.8, 4) is 0 Å². The van der Waals surface area contributed by atoms with Crippen LogP contribution in [0.25, 0.3) is 0 Å². The van der Waals surface area contributed by atoms with Gasteiger partial charge in [0.25, 0.3) is 0 Å². The highest BCUT2D eigenvalue weighted by Gasteiger charge is 2.18. The van der Waals surface area contributed by atoms with Gasteiger partial charge in [-0.05, 0) is 19.8 Å². The summed E-state index contributed by atoms with van der Waals surface area (Å²) in [5, 5.41) is 8.79. The first-order valence-electron chi connectivity index (χ1n) is 4.71. The van der Waals surface area contributed by atoms with E-state index >= 15 is 0 Å². The van der Waals surface area contributed by atoms with E-state index in [-0.39, 0.29) is 18.2 Å². The van der Waals surface area contributed by atoms with Gasteiger partial charge in [0.15, 0.2) is 5.96 Å². The Morgan fingerprint density at radius 1 is 1.40 bits per heavy atom. The summed E-state index contributed by atoms with van der Waals surface area (Å²) in [4.78, 5) is 25.2. The van der Waals surface area contributed by atoms with Crippen molar-refractivity contribution in [2.24, 2.45) is 22.4 Å². The van der Waals surface area contributed by atoms with Gasteiger partial charge in [0.2, 0.25) is 0 Å². The number of carboxylic acids is 1. The molecule has 0 rings (SSSR count). The normalized spacial score (nSPS) is 11.8. The quantitative estimate of drug-likeness (QED) is 0.306. The summed E-state index contributed by atoms with van der Waals surface area (Å²) in [5.41, 5.74) is 10.2. The maximum absolute atomic E-state index is 10.8. The van der Waals surface area contributed by atoms with Crippen molar-refractivity contribution in [2.45, 2.75) is 26.2 Å². The number of carbonyl (C=O) groups is 2. The number of Topliss-reactive ketones (excluding diaryl/α,β-unsaturated/α-hetero) is 1. The number of nitrogens with two attached hydrogens (primary N) is 2. The minimum absolute atomic E-state index is 0.00607. The maximum Gasteiger partial charge on any atom is 0.306 e. The van der Waals surface area contributed by atoms with Crippen molar-refractivity contribution < 1.29 is 14.7 Å². The Morgan fingerprint density at radius 2 is 2.00 bits per heavy atom. The molecular weight excluding hydrogens is 198 g/mol. The van der Waals surface area contributed by atoms with Gasteiger partial charge in [-0.15, -0.1) is 0 Å². The highest BCUT2D eigenvalue weighted by Crippen LogP contribution is 2.12. The summed E-state index contributed by atoms with van der Waals surface area (Å²) in [6.45, 7) is 1.77. The molecule has 0 unspecified atom stereocenters. The Hall–Kier alpha value is -1.59. The lowest BCUT2D eigenvalue weighted by Gasteiger charge is -2.08. The van der Waals surface area contributed by atoms with Gasteiger partial charge >= 0.3 is 5.97 Å². The number of ketones is 1. The molecule has 0 amide bonds. The molecule has 0 fully saturated rings. The standard InChI is InChI=1S/C9H17N3O3/c1-6(13)5-7(8(14)15)3-2-4-12-9(10)11/h7H,2-5H2,1H3,(H,14,15)(H4,10,11,12)/t7-/m1/s1. The molecule has 86 valence electrons. The molecule has 5 N–H and O–H groups in total. The second kappa shape index (κ2) is 6.80. The van der Waals surface area contributed by atoms with Crippen LogP contribution in [0.1, 0.15) is 26.2 Å². The summed E-state index contributed by atoms with van der Waals surface area (Å²) >= 11 is 0. The minimum atomic E-state index is -0.949. The molecule has 0 aliphatic heterocycles. The molecule has 0 aromatic rings. The van der Waals surface area contributed by atoms with Crippen molar-refractivity contribution in [1.29, 1.82) is 0 Å². The smallest absolute Gasteiger partial charge is 0.306 e. The third-order valence-corrected chi connectivity index (χ3v) is 1.89. The topological polar surface area (TPSA) is 119 Å². The van der Waals surface area contributed by atoms with E-state index in [0.717, 1.165) is 0 Å². The monoisotopic (exact) mass is 215 g/mol. The van der Waals surface area contributed by atoms with Gasteiger partial charge in [-0.1, -0.05) is 0 Å². The second-order valence-electron chi connectivity index (χ2n) is 3.39. The van der Waals surface area contributed by atoms with Crippen molar-refractivity contribution in [1.82, 2.24) is 0 Å². The van der Waals surface area contributed by atoms with Crippen molar-refractivity contribution in [3.05, 3.63) is 0 Å². The molecule has 0 aromatic heterocycles. The first kappa shape index (κ1) is 13.4. The fourth-order valence-corrected chi connectivity index (χ4v) is 1.21. The summed E-state index contributed by atoms with van der Waals surface area (Å²) in [6, 6.07) is 0. The molecule has 0 aliphatic carbocycles. The molecule has 15 heavy (non-hydrogen) atoms. The predicted octanol–water partition coefficient (Wildman–Crippen LogP) is -0.280. The van der Waals surface area contributed by atoms with Gasteiger partial charge in [-0.3, -0.25) is 9.79 Å². The number of rotatable bonds is 7. The number of aliphatic imine (C=N–C) groups is 1. The molecule has 0 bridgehead atoms. The summed E-state index contributed by atoms with van der Waals surface area (Å²) in [5.74, 6) is -1.70. The molecule has 0 aliphatic rings. The zero-order chi connectivity index (χ0) is 11.8. The molecule has 0 aromatic carbocycles. The molecule has 0 saturated carbocycles. The fourth-order valence-electron chi connectivity index (χ4n) is 1.21. The largest absolute Gasteiger partial charge is 0.481 e. The Kier molecular flexibility index (Phi) is 6.08. The van der Waals surface area contributed by atoms with Crippen molar-refractivity contribution in [2.75, 3.05) is 6.54 Å². The third kappa shape index (κ3) is 7.48. The van der Waals surface area contributed by atoms with Gasteiger partial charge in [0.05, 0.1) is 5.92 Å². The molecule has 1 atom stereocenters. The average Bonchev–Trinajstić information content (AvgIpc) is 2.08. The van der Waals surface area contributed by atoms with Crippen molar-refractivity contribution in [3.63, 3.8) is 0 Å².